The zero-order valence-corrected chi connectivity index (χ0v) is 24.7. The van der Waals surface area contributed by atoms with E-state index in [2.05, 4.69) is 18.5 Å². The zero-order valence-electron chi connectivity index (χ0n) is 23.8. The van der Waals surface area contributed by atoms with Gasteiger partial charge in [-0.1, -0.05) is 55.5 Å². The number of aliphatic hydroxyl groups is 1. The number of carbonyl (C=O) groups is 3. The Bertz CT molecular complexity index is 1540. The van der Waals surface area contributed by atoms with Gasteiger partial charge in [-0.3, -0.25) is 14.5 Å². The first-order chi connectivity index (χ1) is 20.2. The fraction of sp³-hybridized carbons (Fsp3) is 0.290. The minimum Gasteiger partial charge on any atom is -0.507 e. The fourth-order valence-corrected chi connectivity index (χ4v) is 5.45. The number of ketones is 1. The van der Waals surface area contributed by atoms with Crippen molar-refractivity contribution in [1.29, 1.82) is 0 Å². The molecular weight excluding hydrogens is 560 g/mol. The number of methoxy groups -OCH3 is 2. The number of unbranched alkanes of at least 4 members (excludes halogenated alkanes) is 1. The molecule has 1 unspecified atom stereocenters. The maximum absolute atomic E-state index is 13.6. The summed E-state index contributed by atoms with van der Waals surface area (Å²) < 4.78 is 21.8. The molecule has 1 N–H and O–H groups in total. The number of hydrogen-bond acceptors (Lipinski definition) is 10. The molecule has 1 aliphatic rings. The normalized spacial score (nSPS) is 15.9. The zero-order chi connectivity index (χ0) is 30.4. The highest BCUT2D eigenvalue weighted by Crippen LogP contribution is 2.45. The van der Waals surface area contributed by atoms with E-state index in [-0.39, 0.29) is 27.9 Å². The molecule has 1 saturated heterocycles. The van der Waals surface area contributed by atoms with Crippen LogP contribution in [0.1, 0.15) is 52.3 Å². The van der Waals surface area contributed by atoms with Crippen LogP contribution in [0.3, 0.4) is 0 Å². The van der Waals surface area contributed by atoms with Gasteiger partial charge in [0.1, 0.15) is 23.0 Å². The summed E-state index contributed by atoms with van der Waals surface area (Å²) >= 11 is 0.913. The standard InChI is InChI=1S/C31H32N2O8S/c1-6-8-15-40-21-11-9-10-20(16-21)26(34)24-25(19-12-13-22(38-4)23(17-19)39-5)33(29(36)27(24)35)31-32-18(3)28(42-31)30(37)41-14-7-2/h7,9-13,16-17,25,34H,2,6,8,14-15H2,1,3-5H3. The van der Waals surface area contributed by atoms with Crippen molar-refractivity contribution in [3.63, 3.8) is 0 Å². The first kappa shape index (κ1) is 30.3. The number of rotatable bonds is 12. The summed E-state index contributed by atoms with van der Waals surface area (Å²) in [7, 11) is 2.96. The number of benzene rings is 2. The summed E-state index contributed by atoms with van der Waals surface area (Å²) in [5.41, 5.74) is 0.930. The van der Waals surface area contributed by atoms with Crippen LogP contribution < -0.4 is 19.1 Å². The smallest absolute Gasteiger partial charge is 0.350 e. The van der Waals surface area contributed by atoms with E-state index >= 15 is 0 Å². The Kier molecular flexibility index (Phi) is 9.64. The molecule has 0 bridgehead atoms. The molecule has 1 aromatic heterocycles. The van der Waals surface area contributed by atoms with Crippen LogP contribution in [0.25, 0.3) is 5.76 Å². The van der Waals surface area contributed by atoms with Crippen molar-refractivity contribution in [1.82, 2.24) is 4.98 Å². The summed E-state index contributed by atoms with van der Waals surface area (Å²) in [5.74, 6) is -1.52. The van der Waals surface area contributed by atoms with Crippen LogP contribution >= 0.6 is 11.3 Å². The van der Waals surface area contributed by atoms with Crippen molar-refractivity contribution >= 4 is 39.9 Å². The highest BCUT2D eigenvalue weighted by molar-refractivity contribution is 7.17. The van der Waals surface area contributed by atoms with Crippen LogP contribution in [0.15, 0.2) is 60.7 Å². The van der Waals surface area contributed by atoms with Crippen LogP contribution in [-0.2, 0) is 14.3 Å². The van der Waals surface area contributed by atoms with Gasteiger partial charge < -0.3 is 24.1 Å². The number of anilines is 1. The van der Waals surface area contributed by atoms with E-state index in [1.807, 2.05) is 0 Å². The largest absolute Gasteiger partial charge is 0.507 e. The molecule has 0 spiro atoms. The molecule has 11 heteroatoms. The predicted octanol–water partition coefficient (Wildman–Crippen LogP) is 5.62. The molecular formula is C31H32N2O8S. The second kappa shape index (κ2) is 13.3. The lowest BCUT2D eigenvalue weighted by atomic mass is 9.95. The third-order valence-corrected chi connectivity index (χ3v) is 7.69. The van der Waals surface area contributed by atoms with Crippen LogP contribution in [0.5, 0.6) is 17.2 Å². The van der Waals surface area contributed by atoms with Gasteiger partial charge in [-0.2, -0.15) is 0 Å². The Morgan fingerprint density at radius 2 is 1.90 bits per heavy atom. The Hall–Kier alpha value is -4.64. The lowest BCUT2D eigenvalue weighted by Crippen LogP contribution is -2.29. The van der Waals surface area contributed by atoms with Crippen LogP contribution in [-0.4, -0.2) is 55.2 Å². The number of ether oxygens (including phenoxy) is 4. The second-order valence-electron chi connectivity index (χ2n) is 9.31. The molecule has 2 aromatic carbocycles. The minimum atomic E-state index is -1.10. The number of thiazole rings is 1. The Morgan fingerprint density at radius 1 is 1.14 bits per heavy atom. The first-order valence-corrected chi connectivity index (χ1v) is 14.1. The van der Waals surface area contributed by atoms with Gasteiger partial charge >= 0.3 is 11.9 Å². The molecule has 2 heterocycles. The highest BCUT2D eigenvalue weighted by atomic mass is 32.1. The van der Waals surface area contributed by atoms with Gasteiger partial charge in [0.25, 0.3) is 5.78 Å². The molecule has 1 aliphatic heterocycles. The van der Waals surface area contributed by atoms with Gasteiger partial charge in [0.15, 0.2) is 16.6 Å². The van der Waals surface area contributed by atoms with Crippen molar-refractivity contribution in [2.45, 2.75) is 32.7 Å². The third kappa shape index (κ3) is 6.01. The number of aryl methyl sites for hydroxylation is 1. The Labute approximate surface area is 247 Å². The molecule has 1 atom stereocenters. The van der Waals surface area contributed by atoms with Gasteiger partial charge in [-0.05, 0) is 43.2 Å². The van der Waals surface area contributed by atoms with Gasteiger partial charge in [0.2, 0.25) is 0 Å². The van der Waals surface area contributed by atoms with Gasteiger partial charge in [-0.25, -0.2) is 9.78 Å². The summed E-state index contributed by atoms with van der Waals surface area (Å²) in [6.07, 6.45) is 3.25. The van der Waals surface area contributed by atoms with Gasteiger partial charge in [0.05, 0.1) is 38.1 Å². The molecule has 3 aromatic rings. The Balaban J connectivity index is 1.88. The molecule has 1 fully saturated rings. The second-order valence-corrected chi connectivity index (χ2v) is 10.3. The summed E-state index contributed by atoms with van der Waals surface area (Å²) in [6, 6.07) is 10.5. The van der Waals surface area contributed by atoms with Gasteiger partial charge in [-0.15, -0.1) is 0 Å². The number of aliphatic hydroxyl groups excluding tert-OH is 1. The lowest BCUT2D eigenvalue weighted by molar-refractivity contribution is -0.132. The van der Waals surface area contributed by atoms with E-state index in [4.69, 9.17) is 18.9 Å². The molecule has 42 heavy (non-hydrogen) atoms. The molecule has 0 saturated carbocycles. The monoisotopic (exact) mass is 592 g/mol. The topological polar surface area (TPSA) is 124 Å². The van der Waals surface area contributed by atoms with E-state index in [0.29, 0.717) is 40.7 Å². The number of Topliss-reactive ketones (excluding diaryl/α,β-unsaturated/α-hetero) is 1. The SMILES string of the molecule is C=CCOC(=O)c1sc(N2C(=O)C(=O)C(=C(O)c3cccc(OCCCC)c3)C2c2ccc(OC)c(OC)c2)nc1C. The van der Waals surface area contributed by atoms with Crippen molar-refractivity contribution in [2.75, 3.05) is 32.3 Å². The average molecular weight is 593 g/mol. The van der Waals surface area contributed by atoms with E-state index in [0.717, 1.165) is 24.2 Å². The summed E-state index contributed by atoms with van der Waals surface area (Å²) in [5, 5.41) is 11.6. The predicted molar refractivity (Wildman–Crippen MR) is 159 cm³/mol. The maximum atomic E-state index is 13.6. The quantitative estimate of drug-likeness (QED) is 0.0713. The summed E-state index contributed by atoms with van der Waals surface area (Å²) in [6.45, 7) is 7.70. The van der Waals surface area contributed by atoms with Crippen molar-refractivity contribution in [3.8, 4) is 17.2 Å². The third-order valence-electron chi connectivity index (χ3n) is 6.55. The minimum absolute atomic E-state index is 0.00286. The number of hydrogen-bond donors (Lipinski definition) is 1. The average Bonchev–Trinajstić information content (AvgIpc) is 3.51. The van der Waals surface area contributed by atoms with E-state index in [1.54, 1.807) is 49.4 Å². The molecule has 4 rings (SSSR count). The van der Waals surface area contributed by atoms with Crippen molar-refractivity contribution < 1.29 is 38.4 Å². The molecule has 220 valence electrons. The number of nitrogens with zero attached hydrogens (tertiary/aromatic N) is 2. The van der Waals surface area contributed by atoms with E-state index < -0.39 is 23.7 Å². The number of carbonyl (C=O) groups excluding carboxylic acids is 3. The van der Waals surface area contributed by atoms with Gasteiger partial charge in [0, 0.05) is 5.56 Å². The van der Waals surface area contributed by atoms with Crippen molar-refractivity contribution in [3.05, 3.63) is 82.4 Å². The van der Waals surface area contributed by atoms with Crippen LogP contribution in [0, 0.1) is 6.92 Å². The Morgan fingerprint density at radius 3 is 2.60 bits per heavy atom. The van der Waals surface area contributed by atoms with Crippen LogP contribution in [0.2, 0.25) is 0 Å². The highest BCUT2D eigenvalue weighted by Gasteiger charge is 2.48. The van der Waals surface area contributed by atoms with Crippen molar-refractivity contribution in [2.24, 2.45) is 0 Å². The van der Waals surface area contributed by atoms with E-state index in [1.165, 1.54) is 25.2 Å². The first-order valence-electron chi connectivity index (χ1n) is 13.3. The molecule has 0 aliphatic carbocycles. The molecule has 1 amide bonds. The maximum Gasteiger partial charge on any atom is 0.350 e. The fourth-order valence-electron chi connectivity index (χ4n) is 4.47. The number of amides is 1. The lowest BCUT2D eigenvalue weighted by Gasteiger charge is -2.24. The molecule has 0 radical (unpaired) electrons. The molecule has 10 nitrogen and oxygen atoms in total. The van der Waals surface area contributed by atoms with E-state index in [9.17, 15) is 19.5 Å². The summed E-state index contributed by atoms with van der Waals surface area (Å²) in [4.78, 5) is 45.6. The number of esters is 1. The van der Waals surface area contributed by atoms with Crippen LogP contribution in [0.4, 0.5) is 5.13 Å². The number of aromatic nitrogens is 1.